The molecule has 1 aromatic rings. The lowest BCUT2D eigenvalue weighted by atomic mass is 9.98. The molecule has 2 rings (SSSR count). The van der Waals surface area contributed by atoms with E-state index in [1.807, 2.05) is 0 Å². The molecule has 0 bridgehead atoms. The number of aliphatic carboxylic acids is 1. The van der Waals surface area contributed by atoms with Gasteiger partial charge in [0.25, 0.3) is 0 Å². The van der Waals surface area contributed by atoms with E-state index in [0.717, 1.165) is 19.3 Å². The van der Waals surface area contributed by atoms with Crippen LogP contribution in [-0.2, 0) is 16.0 Å². The van der Waals surface area contributed by atoms with Gasteiger partial charge in [0.15, 0.2) is 0 Å². The maximum absolute atomic E-state index is 12.2. The molecule has 0 unspecified atom stereocenters. The maximum Gasteiger partial charge on any atom is 0.308 e. The van der Waals surface area contributed by atoms with E-state index in [1.54, 1.807) is 16.2 Å². The first-order valence-corrected chi connectivity index (χ1v) is 8.35. The summed E-state index contributed by atoms with van der Waals surface area (Å²) in [4.78, 5) is 27.6. The Hall–Kier alpha value is -1.36. The molecule has 1 atom stereocenters. The fraction of sp³-hybridized carbons (Fsp3) is 0.625. The molecular formula is C16H23NO3S. The SMILES string of the molecule is Cc1cc(CCCC(=O)N2CCC[C@H](C(=O)O)C2)c(C)s1. The molecule has 5 heteroatoms. The Kier molecular flexibility index (Phi) is 5.39. The molecule has 1 aliphatic heterocycles. The number of amides is 1. The summed E-state index contributed by atoms with van der Waals surface area (Å²) < 4.78 is 0. The quantitative estimate of drug-likeness (QED) is 0.909. The van der Waals surface area contributed by atoms with Crippen LogP contribution in [0, 0.1) is 19.8 Å². The van der Waals surface area contributed by atoms with Crippen LogP contribution >= 0.6 is 11.3 Å². The lowest BCUT2D eigenvalue weighted by Gasteiger charge is -2.30. The van der Waals surface area contributed by atoms with Gasteiger partial charge in [-0.15, -0.1) is 11.3 Å². The second-order valence-corrected chi connectivity index (χ2v) is 7.27. The average molecular weight is 309 g/mol. The molecular weight excluding hydrogens is 286 g/mol. The summed E-state index contributed by atoms with van der Waals surface area (Å²) in [5.41, 5.74) is 1.34. The van der Waals surface area contributed by atoms with Crippen LogP contribution in [0.3, 0.4) is 0 Å². The number of carbonyl (C=O) groups excluding carboxylic acids is 1. The van der Waals surface area contributed by atoms with Crippen molar-refractivity contribution in [3.63, 3.8) is 0 Å². The zero-order chi connectivity index (χ0) is 15.4. The van der Waals surface area contributed by atoms with Gasteiger partial charge in [-0.1, -0.05) is 0 Å². The number of carboxylic acid groups (broad SMARTS) is 1. The zero-order valence-electron chi connectivity index (χ0n) is 12.7. The third-order valence-corrected chi connectivity index (χ3v) is 5.11. The minimum atomic E-state index is -0.781. The molecule has 2 heterocycles. The van der Waals surface area contributed by atoms with Gasteiger partial charge in [0.05, 0.1) is 5.92 Å². The number of carboxylic acids is 1. The molecule has 116 valence electrons. The Labute approximate surface area is 129 Å². The van der Waals surface area contributed by atoms with Crippen LogP contribution in [0.4, 0.5) is 0 Å². The summed E-state index contributed by atoms with van der Waals surface area (Å²) in [5.74, 6) is -1.06. The molecule has 1 aromatic heterocycles. The maximum atomic E-state index is 12.2. The first-order chi connectivity index (χ1) is 9.97. The first-order valence-electron chi connectivity index (χ1n) is 7.54. The third kappa shape index (κ3) is 4.30. The molecule has 4 nitrogen and oxygen atoms in total. The highest BCUT2D eigenvalue weighted by molar-refractivity contribution is 7.12. The van der Waals surface area contributed by atoms with E-state index in [-0.39, 0.29) is 11.8 Å². The zero-order valence-corrected chi connectivity index (χ0v) is 13.5. The van der Waals surface area contributed by atoms with Gasteiger partial charge >= 0.3 is 5.97 Å². The van der Waals surface area contributed by atoms with Gasteiger partial charge in [0.2, 0.25) is 5.91 Å². The number of likely N-dealkylation sites (tertiary alicyclic amines) is 1. The van der Waals surface area contributed by atoms with Crippen molar-refractivity contribution in [2.45, 2.75) is 46.0 Å². The molecule has 1 fully saturated rings. The lowest BCUT2D eigenvalue weighted by Crippen LogP contribution is -2.42. The molecule has 1 saturated heterocycles. The molecule has 0 spiro atoms. The molecule has 0 saturated carbocycles. The predicted molar refractivity (Wildman–Crippen MR) is 83.7 cm³/mol. The van der Waals surface area contributed by atoms with Gasteiger partial charge < -0.3 is 10.0 Å². The number of aryl methyl sites for hydroxylation is 3. The Bertz CT molecular complexity index is 524. The van der Waals surface area contributed by atoms with Gasteiger partial charge in [-0.3, -0.25) is 9.59 Å². The number of carbonyl (C=O) groups is 2. The normalized spacial score (nSPS) is 18.8. The topological polar surface area (TPSA) is 57.6 Å². The van der Waals surface area contributed by atoms with Gasteiger partial charge in [-0.2, -0.15) is 0 Å². The van der Waals surface area contributed by atoms with Crippen LogP contribution < -0.4 is 0 Å². The highest BCUT2D eigenvalue weighted by Crippen LogP contribution is 2.23. The monoisotopic (exact) mass is 309 g/mol. The smallest absolute Gasteiger partial charge is 0.308 e. The minimum Gasteiger partial charge on any atom is -0.481 e. The van der Waals surface area contributed by atoms with Crippen LogP contribution in [0.1, 0.15) is 41.0 Å². The molecule has 0 radical (unpaired) electrons. The van der Waals surface area contributed by atoms with E-state index in [2.05, 4.69) is 19.9 Å². The molecule has 0 aliphatic carbocycles. The number of hydrogen-bond donors (Lipinski definition) is 1. The number of nitrogens with zero attached hydrogens (tertiary/aromatic N) is 1. The summed E-state index contributed by atoms with van der Waals surface area (Å²) in [7, 11) is 0. The Morgan fingerprint density at radius 2 is 2.19 bits per heavy atom. The van der Waals surface area contributed by atoms with E-state index in [9.17, 15) is 9.59 Å². The van der Waals surface area contributed by atoms with Crippen molar-refractivity contribution in [3.05, 3.63) is 21.4 Å². The third-order valence-electron chi connectivity index (χ3n) is 4.10. The lowest BCUT2D eigenvalue weighted by molar-refractivity contribution is -0.145. The largest absolute Gasteiger partial charge is 0.481 e. The van der Waals surface area contributed by atoms with Crippen LogP contribution in [0.5, 0.6) is 0 Å². The van der Waals surface area contributed by atoms with Crippen molar-refractivity contribution >= 4 is 23.2 Å². The summed E-state index contributed by atoms with van der Waals surface area (Å²) in [6.07, 6.45) is 3.76. The Morgan fingerprint density at radius 1 is 1.43 bits per heavy atom. The molecule has 0 aromatic carbocycles. The van der Waals surface area contributed by atoms with Crippen molar-refractivity contribution < 1.29 is 14.7 Å². The molecule has 1 N–H and O–H groups in total. The Morgan fingerprint density at radius 3 is 2.81 bits per heavy atom. The standard InChI is InChI=1S/C16H23NO3S/c1-11-9-13(12(2)21-11)5-3-7-15(18)17-8-4-6-14(10-17)16(19)20/h9,14H,3-8,10H2,1-2H3,(H,19,20)/t14-/m0/s1. The Balaban J connectivity index is 1.79. The molecule has 21 heavy (non-hydrogen) atoms. The van der Waals surface area contributed by atoms with Crippen LogP contribution in [0.15, 0.2) is 6.07 Å². The van der Waals surface area contributed by atoms with E-state index >= 15 is 0 Å². The minimum absolute atomic E-state index is 0.102. The van der Waals surface area contributed by atoms with Crippen LogP contribution in [0.2, 0.25) is 0 Å². The predicted octanol–water partition coefficient (Wildman–Crippen LogP) is 3.01. The van der Waals surface area contributed by atoms with Crippen molar-refractivity contribution in [1.29, 1.82) is 0 Å². The number of rotatable bonds is 5. The summed E-state index contributed by atoms with van der Waals surface area (Å²) in [6, 6.07) is 2.20. The van der Waals surface area contributed by atoms with Crippen LogP contribution in [-0.4, -0.2) is 35.0 Å². The van der Waals surface area contributed by atoms with E-state index < -0.39 is 5.97 Å². The van der Waals surface area contributed by atoms with Gasteiger partial charge in [-0.25, -0.2) is 0 Å². The average Bonchev–Trinajstić information content (AvgIpc) is 2.77. The number of thiophene rings is 1. The van der Waals surface area contributed by atoms with Crippen LogP contribution in [0.25, 0.3) is 0 Å². The second-order valence-electron chi connectivity index (χ2n) is 5.81. The van der Waals surface area contributed by atoms with Crippen molar-refractivity contribution in [3.8, 4) is 0 Å². The number of hydrogen-bond acceptors (Lipinski definition) is 3. The summed E-state index contributed by atoms with van der Waals surface area (Å²) in [5, 5.41) is 9.06. The summed E-state index contributed by atoms with van der Waals surface area (Å²) >= 11 is 1.80. The molecule has 1 amide bonds. The number of piperidine rings is 1. The molecule has 1 aliphatic rings. The highest BCUT2D eigenvalue weighted by Gasteiger charge is 2.27. The van der Waals surface area contributed by atoms with Gasteiger partial charge in [0, 0.05) is 29.3 Å². The first kappa shape index (κ1) is 16.0. The van der Waals surface area contributed by atoms with Crippen molar-refractivity contribution in [1.82, 2.24) is 4.90 Å². The van der Waals surface area contributed by atoms with Gasteiger partial charge in [0.1, 0.15) is 0 Å². The highest BCUT2D eigenvalue weighted by atomic mass is 32.1. The van der Waals surface area contributed by atoms with E-state index in [4.69, 9.17) is 5.11 Å². The van der Waals surface area contributed by atoms with Crippen molar-refractivity contribution in [2.24, 2.45) is 5.92 Å². The van der Waals surface area contributed by atoms with E-state index in [0.29, 0.717) is 25.9 Å². The fourth-order valence-electron chi connectivity index (χ4n) is 2.93. The van der Waals surface area contributed by atoms with Crippen molar-refractivity contribution in [2.75, 3.05) is 13.1 Å². The van der Waals surface area contributed by atoms with Gasteiger partial charge in [-0.05, 0) is 51.2 Å². The fourth-order valence-corrected chi connectivity index (χ4v) is 3.90. The van der Waals surface area contributed by atoms with E-state index in [1.165, 1.54) is 15.3 Å². The summed E-state index contributed by atoms with van der Waals surface area (Å²) in [6.45, 7) is 5.31. The second kappa shape index (κ2) is 7.07.